The topological polar surface area (TPSA) is 84.0 Å². The molecule has 0 spiro atoms. The number of hydrogen-bond acceptors (Lipinski definition) is 6. The van der Waals surface area contributed by atoms with Crippen LogP contribution in [-0.2, 0) is 24.3 Å². The summed E-state index contributed by atoms with van der Waals surface area (Å²) < 4.78 is 32.1. The number of ether oxygens (including phenoxy) is 1. The molecule has 144 valence electrons. The highest BCUT2D eigenvalue weighted by Gasteiger charge is 2.35. The second-order valence-corrected chi connectivity index (χ2v) is 9.83. The largest absolute Gasteiger partial charge is 0.452 e. The van der Waals surface area contributed by atoms with E-state index < -0.39 is 22.1 Å². The summed E-state index contributed by atoms with van der Waals surface area (Å²) in [5.74, 6) is -0.912. The van der Waals surface area contributed by atoms with Gasteiger partial charge < -0.3 is 9.64 Å². The van der Waals surface area contributed by atoms with E-state index in [2.05, 4.69) is 0 Å². The third kappa shape index (κ3) is 4.10. The molecule has 1 aromatic heterocycles. The zero-order chi connectivity index (χ0) is 18.7. The Labute approximate surface area is 158 Å². The van der Waals surface area contributed by atoms with E-state index in [0.29, 0.717) is 17.1 Å². The standard InChI is InChI=1S/C17H24N2O5S2/c1-13(16(20)18-8-2-3-9-18)24-17(21)14-6-10-19(11-7-14)26(22,23)15-5-4-12-25-15/h4-5,12-14H,2-3,6-11H2,1H3/t13-/m1/s1. The number of piperidine rings is 1. The molecule has 0 N–H and O–H groups in total. The van der Waals surface area contributed by atoms with Gasteiger partial charge in [0.25, 0.3) is 15.9 Å². The van der Waals surface area contributed by atoms with Crippen LogP contribution in [0.25, 0.3) is 0 Å². The van der Waals surface area contributed by atoms with Crippen molar-refractivity contribution in [3.63, 3.8) is 0 Å². The fourth-order valence-corrected chi connectivity index (χ4v) is 6.00. The van der Waals surface area contributed by atoms with Crippen LogP contribution in [0.1, 0.15) is 32.6 Å². The summed E-state index contributed by atoms with van der Waals surface area (Å²) in [6, 6.07) is 3.30. The molecule has 0 unspecified atom stereocenters. The SMILES string of the molecule is C[C@@H](OC(=O)C1CCN(S(=O)(=O)c2cccs2)CC1)C(=O)N1CCCC1. The molecular weight excluding hydrogens is 376 g/mol. The summed E-state index contributed by atoms with van der Waals surface area (Å²) in [7, 11) is -3.48. The average Bonchev–Trinajstić information content (AvgIpc) is 3.34. The van der Waals surface area contributed by atoms with E-state index >= 15 is 0 Å². The highest BCUT2D eigenvalue weighted by molar-refractivity contribution is 7.91. The minimum absolute atomic E-state index is 0.145. The van der Waals surface area contributed by atoms with Crippen LogP contribution in [-0.4, -0.2) is 61.8 Å². The van der Waals surface area contributed by atoms with E-state index in [4.69, 9.17) is 4.74 Å². The molecule has 3 heterocycles. The van der Waals surface area contributed by atoms with Gasteiger partial charge in [-0.2, -0.15) is 4.31 Å². The van der Waals surface area contributed by atoms with Gasteiger partial charge in [0.05, 0.1) is 5.92 Å². The number of carbonyl (C=O) groups excluding carboxylic acids is 2. The van der Waals surface area contributed by atoms with Crippen molar-refractivity contribution in [1.29, 1.82) is 0 Å². The van der Waals surface area contributed by atoms with E-state index in [9.17, 15) is 18.0 Å². The molecule has 26 heavy (non-hydrogen) atoms. The molecule has 1 amide bonds. The van der Waals surface area contributed by atoms with Crippen molar-refractivity contribution >= 4 is 33.2 Å². The first-order chi connectivity index (χ1) is 12.4. The summed E-state index contributed by atoms with van der Waals surface area (Å²) in [5.41, 5.74) is 0. The van der Waals surface area contributed by atoms with E-state index in [1.165, 1.54) is 15.6 Å². The number of esters is 1. The van der Waals surface area contributed by atoms with Gasteiger partial charge in [-0.05, 0) is 44.1 Å². The lowest BCUT2D eigenvalue weighted by Crippen LogP contribution is -2.42. The van der Waals surface area contributed by atoms with Crippen LogP contribution < -0.4 is 0 Å². The van der Waals surface area contributed by atoms with Gasteiger partial charge in [0.2, 0.25) is 0 Å². The predicted molar refractivity (Wildman–Crippen MR) is 97.2 cm³/mol. The monoisotopic (exact) mass is 400 g/mol. The van der Waals surface area contributed by atoms with Crippen molar-refractivity contribution in [3.05, 3.63) is 17.5 Å². The molecule has 0 radical (unpaired) electrons. The second kappa shape index (κ2) is 8.06. The summed E-state index contributed by atoms with van der Waals surface area (Å²) in [6.45, 7) is 3.62. The number of carbonyl (C=O) groups is 2. The first-order valence-corrected chi connectivity index (χ1v) is 11.2. The molecule has 2 fully saturated rings. The van der Waals surface area contributed by atoms with E-state index in [1.807, 2.05) is 0 Å². The minimum atomic E-state index is -3.48. The van der Waals surface area contributed by atoms with Gasteiger partial charge >= 0.3 is 5.97 Å². The van der Waals surface area contributed by atoms with Gasteiger partial charge in [0, 0.05) is 26.2 Å². The summed E-state index contributed by atoms with van der Waals surface area (Å²) in [6.07, 6.45) is 2.02. The van der Waals surface area contributed by atoms with Gasteiger partial charge in [0.15, 0.2) is 6.10 Å². The Morgan fingerprint density at radius 1 is 1.19 bits per heavy atom. The Morgan fingerprint density at radius 2 is 1.85 bits per heavy atom. The number of thiophene rings is 1. The fourth-order valence-electron chi connectivity index (χ4n) is 3.38. The normalized spacial score (nSPS) is 20.9. The zero-order valence-corrected chi connectivity index (χ0v) is 16.4. The third-order valence-corrected chi connectivity index (χ3v) is 8.21. The highest BCUT2D eigenvalue weighted by Crippen LogP contribution is 2.27. The smallest absolute Gasteiger partial charge is 0.309 e. The van der Waals surface area contributed by atoms with Crippen molar-refractivity contribution < 1.29 is 22.7 Å². The van der Waals surface area contributed by atoms with Crippen molar-refractivity contribution in [1.82, 2.24) is 9.21 Å². The number of sulfonamides is 1. The molecule has 0 aromatic carbocycles. The molecular formula is C17H24N2O5S2. The summed E-state index contributed by atoms with van der Waals surface area (Å²) in [5, 5.41) is 1.73. The molecule has 0 bridgehead atoms. The van der Waals surface area contributed by atoms with Crippen LogP contribution in [0.15, 0.2) is 21.7 Å². The first-order valence-electron chi connectivity index (χ1n) is 8.92. The minimum Gasteiger partial charge on any atom is -0.452 e. The average molecular weight is 401 g/mol. The summed E-state index contributed by atoms with van der Waals surface area (Å²) >= 11 is 1.19. The van der Waals surface area contributed by atoms with Crippen LogP contribution in [0, 0.1) is 5.92 Å². The van der Waals surface area contributed by atoms with E-state index in [-0.39, 0.29) is 24.9 Å². The molecule has 7 nitrogen and oxygen atoms in total. The molecule has 3 rings (SSSR count). The fraction of sp³-hybridized carbons (Fsp3) is 0.647. The van der Waals surface area contributed by atoms with Crippen molar-refractivity contribution in [3.8, 4) is 0 Å². The number of rotatable bonds is 5. The number of likely N-dealkylation sites (tertiary alicyclic amines) is 1. The van der Waals surface area contributed by atoms with Crippen LogP contribution in [0.4, 0.5) is 0 Å². The second-order valence-electron chi connectivity index (χ2n) is 6.72. The van der Waals surface area contributed by atoms with Gasteiger partial charge in [-0.1, -0.05) is 6.07 Å². The first kappa shape index (κ1) is 19.3. The molecule has 2 aliphatic heterocycles. The Hall–Kier alpha value is -1.45. The van der Waals surface area contributed by atoms with Crippen LogP contribution in [0.3, 0.4) is 0 Å². The Morgan fingerprint density at radius 3 is 2.42 bits per heavy atom. The molecule has 0 aliphatic carbocycles. The Bertz CT molecular complexity index is 733. The van der Waals surface area contributed by atoms with E-state index in [1.54, 1.807) is 29.3 Å². The number of amides is 1. The lowest BCUT2D eigenvalue weighted by Gasteiger charge is -2.30. The molecule has 0 saturated carbocycles. The molecule has 1 atom stereocenters. The zero-order valence-electron chi connectivity index (χ0n) is 14.8. The quantitative estimate of drug-likeness (QED) is 0.703. The molecule has 2 saturated heterocycles. The van der Waals surface area contributed by atoms with Crippen LogP contribution in [0.2, 0.25) is 0 Å². The van der Waals surface area contributed by atoms with E-state index in [0.717, 1.165) is 25.9 Å². The Kier molecular flexibility index (Phi) is 5.99. The van der Waals surface area contributed by atoms with Crippen molar-refractivity contribution in [2.45, 2.75) is 42.9 Å². The number of hydrogen-bond donors (Lipinski definition) is 0. The van der Waals surface area contributed by atoms with Gasteiger partial charge in [-0.3, -0.25) is 9.59 Å². The van der Waals surface area contributed by atoms with Crippen molar-refractivity contribution in [2.75, 3.05) is 26.2 Å². The predicted octanol–water partition coefficient (Wildman–Crippen LogP) is 1.70. The lowest BCUT2D eigenvalue weighted by atomic mass is 9.98. The van der Waals surface area contributed by atoms with Gasteiger partial charge in [-0.15, -0.1) is 11.3 Å². The Balaban J connectivity index is 1.51. The van der Waals surface area contributed by atoms with Gasteiger partial charge in [-0.25, -0.2) is 8.42 Å². The number of nitrogens with zero attached hydrogens (tertiary/aromatic N) is 2. The van der Waals surface area contributed by atoms with Gasteiger partial charge in [0.1, 0.15) is 4.21 Å². The molecule has 9 heteroatoms. The summed E-state index contributed by atoms with van der Waals surface area (Å²) in [4.78, 5) is 26.3. The highest BCUT2D eigenvalue weighted by atomic mass is 32.2. The third-order valence-electron chi connectivity index (χ3n) is 4.93. The molecule has 1 aromatic rings. The maximum atomic E-state index is 12.5. The maximum Gasteiger partial charge on any atom is 0.309 e. The lowest BCUT2D eigenvalue weighted by molar-refractivity contribution is -0.163. The van der Waals surface area contributed by atoms with Crippen LogP contribution in [0.5, 0.6) is 0 Å². The molecule has 2 aliphatic rings. The van der Waals surface area contributed by atoms with Crippen molar-refractivity contribution in [2.24, 2.45) is 5.92 Å². The maximum absolute atomic E-state index is 12.5. The van der Waals surface area contributed by atoms with Crippen LogP contribution >= 0.6 is 11.3 Å².